The van der Waals surface area contributed by atoms with Gasteiger partial charge in [0.2, 0.25) is 0 Å². The van der Waals surface area contributed by atoms with E-state index in [9.17, 15) is 13.2 Å². The predicted molar refractivity (Wildman–Crippen MR) is 67.5 cm³/mol. The van der Waals surface area contributed by atoms with Crippen LogP contribution in [0, 0.1) is 0 Å². The lowest BCUT2D eigenvalue weighted by molar-refractivity contribution is -0.0328. The summed E-state index contributed by atoms with van der Waals surface area (Å²) in [5.74, 6) is 0. The van der Waals surface area contributed by atoms with Crippen LogP contribution in [0.4, 0.5) is 13.2 Å². The third-order valence-corrected chi connectivity index (χ3v) is 4.58. The summed E-state index contributed by atoms with van der Waals surface area (Å²) in [5.41, 5.74) is 2.57. The van der Waals surface area contributed by atoms with Crippen molar-refractivity contribution in [2.24, 2.45) is 5.73 Å². The molecule has 0 spiro atoms. The Morgan fingerprint density at radius 2 is 1.61 bits per heavy atom. The third-order valence-electron chi connectivity index (χ3n) is 3.84. The van der Waals surface area contributed by atoms with E-state index in [0.717, 1.165) is 18.4 Å². The molecule has 5 heteroatoms. The fourth-order valence-corrected chi connectivity index (χ4v) is 2.66. The van der Waals surface area contributed by atoms with Gasteiger partial charge in [0.1, 0.15) is 0 Å². The number of alkyl halides is 3. The number of thioether (sulfide) groups is 1. The Morgan fingerprint density at radius 1 is 1.11 bits per heavy atom. The van der Waals surface area contributed by atoms with E-state index in [1.807, 2.05) is 13.8 Å². The SMILES string of the molecule is CC(C)(c1ccc(SC(F)(F)F)cc1)C1(N)CC1. The fourth-order valence-electron chi connectivity index (χ4n) is 2.12. The Kier molecular flexibility index (Phi) is 3.18. The molecule has 18 heavy (non-hydrogen) atoms. The summed E-state index contributed by atoms with van der Waals surface area (Å²) in [6, 6.07) is 6.53. The van der Waals surface area contributed by atoms with Crippen LogP contribution in [-0.4, -0.2) is 11.0 Å². The Bertz CT molecular complexity index is 433. The molecule has 0 saturated heterocycles. The van der Waals surface area contributed by atoms with Crippen LogP contribution in [0.5, 0.6) is 0 Å². The molecule has 1 saturated carbocycles. The van der Waals surface area contributed by atoms with Gasteiger partial charge in [-0.05, 0) is 42.3 Å². The molecule has 0 aromatic heterocycles. The molecule has 2 rings (SSSR count). The van der Waals surface area contributed by atoms with E-state index in [1.165, 1.54) is 12.1 Å². The zero-order valence-electron chi connectivity index (χ0n) is 10.3. The fraction of sp³-hybridized carbons (Fsp3) is 0.538. The summed E-state index contributed by atoms with van der Waals surface area (Å²) in [6.45, 7) is 4.10. The van der Waals surface area contributed by atoms with Gasteiger partial charge in [-0.3, -0.25) is 0 Å². The van der Waals surface area contributed by atoms with E-state index in [1.54, 1.807) is 12.1 Å². The van der Waals surface area contributed by atoms with Crippen LogP contribution in [0.15, 0.2) is 29.2 Å². The second-order valence-corrected chi connectivity index (χ2v) is 6.49. The van der Waals surface area contributed by atoms with Gasteiger partial charge >= 0.3 is 5.51 Å². The second kappa shape index (κ2) is 4.17. The quantitative estimate of drug-likeness (QED) is 0.842. The summed E-state index contributed by atoms with van der Waals surface area (Å²) in [7, 11) is 0. The molecule has 1 nitrogen and oxygen atoms in total. The number of rotatable bonds is 3. The topological polar surface area (TPSA) is 26.0 Å². The molecule has 2 N–H and O–H groups in total. The van der Waals surface area contributed by atoms with E-state index >= 15 is 0 Å². The van der Waals surface area contributed by atoms with Crippen molar-refractivity contribution in [1.82, 2.24) is 0 Å². The molecule has 100 valence electrons. The molecule has 0 bridgehead atoms. The molecule has 1 fully saturated rings. The maximum Gasteiger partial charge on any atom is 0.446 e. The monoisotopic (exact) mass is 275 g/mol. The molecule has 0 atom stereocenters. The minimum absolute atomic E-state index is 0.0881. The zero-order chi connectivity index (χ0) is 13.6. The van der Waals surface area contributed by atoms with Gasteiger partial charge in [0, 0.05) is 15.8 Å². The Hall–Kier alpha value is -0.680. The van der Waals surface area contributed by atoms with Gasteiger partial charge in [0.15, 0.2) is 0 Å². The maximum atomic E-state index is 12.2. The summed E-state index contributed by atoms with van der Waals surface area (Å²) in [4.78, 5) is 0.212. The van der Waals surface area contributed by atoms with Crippen LogP contribution in [-0.2, 0) is 5.41 Å². The van der Waals surface area contributed by atoms with Gasteiger partial charge in [-0.1, -0.05) is 26.0 Å². The first-order valence-electron chi connectivity index (χ1n) is 5.79. The summed E-state index contributed by atoms with van der Waals surface area (Å²) >= 11 is -0.0881. The Labute approximate surface area is 109 Å². The van der Waals surface area contributed by atoms with Gasteiger partial charge in [-0.25, -0.2) is 0 Å². The number of halogens is 3. The van der Waals surface area contributed by atoms with Crippen molar-refractivity contribution < 1.29 is 13.2 Å². The largest absolute Gasteiger partial charge is 0.446 e. The van der Waals surface area contributed by atoms with Crippen LogP contribution >= 0.6 is 11.8 Å². The highest BCUT2D eigenvalue weighted by Crippen LogP contribution is 2.49. The van der Waals surface area contributed by atoms with E-state index in [0.29, 0.717) is 0 Å². The summed E-state index contributed by atoms with van der Waals surface area (Å²) < 4.78 is 36.7. The average molecular weight is 275 g/mol. The molecule has 0 amide bonds. The van der Waals surface area contributed by atoms with Gasteiger partial charge in [0.05, 0.1) is 0 Å². The number of hydrogen-bond donors (Lipinski definition) is 1. The predicted octanol–water partition coefficient (Wildman–Crippen LogP) is 4.07. The van der Waals surface area contributed by atoms with E-state index in [-0.39, 0.29) is 27.6 Å². The second-order valence-electron chi connectivity index (χ2n) is 5.35. The lowest BCUT2D eigenvalue weighted by Gasteiger charge is -2.32. The number of benzene rings is 1. The van der Waals surface area contributed by atoms with E-state index in [2.05, 4.69) is 0 Å². The van der Waals surface area contributed by atoms with Crippen molar-refractivity contribution in [3.8, 4) is 0 Å². The highest BCUT2D eigenvalue weighted by atomic mass is 32.2. The van der Waals surface area contributed by atoms with Crippen molar-refractivity contribution in [1.29, 1.82) is 0 Å². The Morgan fingerprint density at radius 3 is 2.00 bits per heavy atom. The molecule has 0 radical (unpaired) electrons. The molecule has 1 aliphatic rings. The van der Waals surface area contributed by atoms with E-state index in [4.69, 9.17) is 5.73 Å². The highest BCUT2D eigenvalue weighted by Gasteiger charge is 2.51. The molecule has 0 aliphatic heterocycles. The first-order valence-corrected chi connectivity index (χ1v) is 6.61. The highest BCUT2D eigenvalue weighted by molar-refractivity contribution is 8.00. The van der Waals surface area contributed by atoms with Crippen molar-refractivity contribution in [3.63, 3.8) is 0 Å². The molecule has 0 heterocycles. The van der Waals surface area contributed by atoms with Gasteiger partial charge < -0.3 is 5.73 Å². The van der Waals surface area contributed by atoms with Crippen LogP contribution in [0.1, 0.15) is 32.3 Å². The molecule has 1 aromatic rings. The normalized spacial score (nSPS) is 18.8. The minimum Gasteiger partial charge on any atom is -0.324 e. The van der Waals surface area contributed by atoms with Gasteiger partial charge in [-0.2, -0.15) is 13.2 Å². The van der Waals surface area contributed by atoms with Crippen LogP contribution in [0.25, 0.3) is 0 Å². The minimum atomic E-state index is -4.23. The van der Waals surface area contributed by atoms with Crippen LogP contribution < -0.4 is 5.73 Å². The van der Waals surface area contributed by atoms with Gasteiger partial charge in [0.25, 0.3) is 0 Å². The third kappa shape index (κ3) is 2.67. The van der Waals surface area contributed by atoms with E-state index < -0.39 is 5.51 Å². The maximum absolute atomic E-state index is 12.2. The van der Waals surface area contributed by atoms with Crippen molar-refractivity contribution in [2.75, 3.05) is 0 Å². The first-order chi connectivity index (χ1) is 8.14. The average Bonchev–Trinajstić information content (AvgIpc) is 2.96. The van der Waals surface area contributed by atoms with Crippen molar-refractivity contribution in [3.05, 3.63) is 29.8 Å². The lowest BCUT2D eigenvalue weighted by atomic mass is 9.76. The molecule has 1 aromatic carbocycles. The van der Waals surface area contributed by atoms with Gasteiger partial charge in [-0.15, -0.1) is 0 Å². The summed E-state index contributed by atoms with van der Waals surface area (Å²) in [6.07, 6.45) is 1.94. The van der Waals surface area contributed by atoms with Crippen LogP contribution in [0.2, 0.25) is 0 Å². The number of nitrogens with two attached hydrogens (primary N) is 1. The number of hydrogen-bond acceptors (Lipinski definition) is 2. The standard InChI is InChI=1S/C13H16F3NS/c1-11(2,12(17)7-8-12)9-3-5-10(6-4-9)18-13(14,15)16/h3-6H,7-8,17H2,1-2H3. The van der Waals surface area contributed by atoms with Crippen LogP contribution in [0.3, 0.4) is 0 Å². The molecule has 1 aliphatic carbocycles. The Balaban J connectivity index is 2.18. The molecular weight excluding hydrogens is 259 g/mol. The smallest absolute Gasteiger partial charge is 0.324 e. The summed E-state index contributed by atoms with van der Waals surface area (Å²) in [5, 5.41) is 0. The zero-order valence-corrected chi connectivity index (χ0v) is 11.2. The molecular formula is C13H16F3NS. The van der Waals surface area contributed by atoms with Crippen molar-refractivity contribution >= 4 is 11.8 Å². The molecule has 0 unspecified atom stereocenters. The lowest BCUT2D eigenvalue weighted by Crippen LogP contribution is -2.43. The first kappa shape index (κ1) is 13.7. The van der Waals surface area contributed by atoms with Crippen molar-refractivity contribution in [2.45, 2.75) is 48.0 Å².